The number of rotatable bonds is 6. The number of fused-ring (bicyclic) bond motifs is 1. The van der Waals surface area contributed by atoms with Crippen LogP contribution >= 0.6 is 0 Å². The Morgan fingerprint density at radius 3 is 2.67 bits per heavy atom. The molecule has 1 aromatic carbocycles. The van der Waals surface area contributed by atoms with Gasteiger partial charge in [0.25, 0.3) is 0 Å². The Kier molecular flexibility index (Phi) is 4.45. The van der Waals surface area contributed by atoms with Crippen LogP contribution in [0.15, 0.2) is 36.7 Å². The Labute approximate surface area is 143 Å². The van der Waals surface area contributed by atoms with Crippen molar-refractivity contribution in [2.45, 2.75) is 51.7 Å². The summed E-state index contributed by atoms with van der Waals surface area (Å²) >= 11 is 0. The SMILES string of the molecule is C[C@H](CCCC(C)(C)O)n1ccnc1-c1nc2ccccc2n1C. The summed E-state index contributed by atoms with van der Waals surface area (Å²) in [7, 11) is 2.03. The van der Waals surface area contributed by atoms with E-state index in [4.69, 9.17) is 4.98 Å². The van der Waals surface area contributed by atoms with Crippen molar-refractivity contribution in [1.82, 2.24) is 19.1 Å². The zero-order chi connectivity index (χ0) is 17.3. The van der Waals surface area contributed by atoms with Crippen molar-refractivity contribution in [3.05, 3.63) is 36.7 Å². The summed E-state index contributed by atoms with van der Waals surface area (Å²) in [6.45, 7) is 5.91. The van der Waals surface area contributed by atoms with Crippen LogP contribution in [0.25, 0.3) is 22.7 Å². The number of imidazole rings is 2. The third-order valence-corrected chi connectivity index (χ3v) is 4.54. The van der Waals surface area contributed by atoms with Crippen molar-refractivity contribution in [2.24, 2.45) is 7.05 Å². The Morgan fingerprint density at radius 1 is 1.21 bits per heavy atom. The summed E-state index contributed by atoms with van der Waals surface area (Å²) in [6.07, 6.45) is 6.63. The quantitative estimate of drug-likeness (QED) is 0.746. The number of hydrogen-bond acceptors (Lipinski definition) is 3. The van der Waals surface area contributed by atoms with Gasteiger partial charge in [-0.05, 0) is 52.2 Å². The van der Waals surface area contributed by atoms with E-state index in [1.807, 2.05) is 51.5 Å². The molecule has 0 saturated heterocycles. The molecule has 0 bridgehead atoms. The first kappa shape index (κ1) is 16.7. The highest BCUT2D eigenvalue weighted by atomic mass is 16.3. The summed E-state index contributed by atoms with van der Waals surface area (Å²) in [6, 6.07) is 8.44. The van der Waals surface area contributed by atoms with Crippen LogP contribution in [0.2, 0.25) is 0 Å². The molecule has 0 amide bonds. The number of benzene rings is 1. The zero-order valence-electron chi connectivity index (χ0n) is 14.9. The number of para-hydroxylation sites is 2. The molecule has 3 rings (SSSR count). The summed E-state index contributed by atoms with van der Waals surface area (Å²) in [4.78, 5) is 9.31. The minimum atomic E-state index is -0.602. The predicted molar refractivity (Wildman–Crippen MR) is 96.8 cm³/mol. The second-order valence-corrected chi connectivity index (χ2v) is 7.19. The Bertz CT molecular complexity index is 825. The van der Waals surface area contributed by atoms with E-state index in [2.05, 4.69) is 27.1 Å². The van der Waals surface area contributed by atoms with Crippen LogP contribution in [0.3, 0.4) is 0 Å². The fourth-order valence-corrected chi connectivity index (χ4v) is 3.16. The normalized spacial score (nSPS) is 13.5. The lowest BCUT2D eigenvalue weighted by Crippen LogP contribution is -2.18. The van der Waals surface area contributed by atoms with Crippen molar-refractivity contribution >= 4 is 11.0 Å². The fourth-order valence-electron chi connectivity index (χ4n) is 3.16. The van der Waals surface area contributed by atoms with E-state index in [1.54, 1.807) is 0 Å². The molecule has 5 heteroatoms. The number of aryl methyl sites for hydroxylation is 1. The molecular formula is C19H26N4O. The van der Waals surface area contributed by atoms with Gasteiger partial charge < -0.3 is 14.2 Å². The molecule has 0 unspecified atom stereocenters. The van der Waals surface area contributed by atoms with Gasteiger partial charge in [-0.2, -0.15) is 0 Å². The van der Waals surface area contributed by atoms with Crippen LogP contribution in [-0.4, -0.2) is 29.8 Å². The third-order valence-electron chi connectivity index (χ3n) is 4.54. The van der Waals surface area contributed by atoms with Crippen LogP contribution in [0.4, 0.5) is 0 Å². The van der Waals surface area contributed by atoms with Gasteiger partial charge in [-0.15, -0.1) is 0 Å². The minimum absolute atomic E-state index is 0.310. The monoisotopic (exact) mass is 326 g/mol. The van der Waals surface area contributed by atoms with Crippen molar-refractivity contribution in [3.8, 4) is 11.6 Å². The lowest BCUT2D eigenvalue weighted by molar-refractivity contribution is 0.0672. The molecule has 0 aliphatic carbocycles. The summed E-state index contributed by atoms with van der Waals surface area (Å²) in [5.74, 6) is 1.78. The first-order valence-corrected chi connectivity index (χ1v) is 8.54. The van der Waals surface area contributed by atoms with Crippen molar-refractivity contribution in [2.75, 3.05) is 0 Å². The first-order chi connectivity index (χ1) is 11.4. The molecule has 24 heavy (non-hydrogen) atoms. The second kappa shape index (κ2) is 6.40. The zero-order valence-corrected chi connectivity index (χ0v) is 14.9. The number of hydrogen-bond donors (Lipinski definition) is 1. The number of nitrogens with zero attached hydrogens (tertiary/aromatic N) is 4. The molecule has 1 N–H and O–H groups in total. The molecule has 0 radical (unpaired) electrons. The molecule has 2 aromatic heterocycles. The van der Waals surface area contributed by atoms with E-state index in [-0.39, 0.29) is 0 Å². The number of aliphatic hydroxyl groups is 1. The molecule has 2 heterocycles. The lowest BCUT2D eigenvalue weighted by Gasteiger charge is -2.20. The van der Waals surface area contributed by atoms with Gasteiger partial charge in [0.05, 0.1) is 16.6 Å². The van der Waals surface area contributed by atoms with Crippen molar-refractivity contribution in [3.63, 3.8) is 0 Å². The van der Waals surface area contributed by atoms with Gasteiger partial charge in [-0.25, -0.2) is 9.97 Å². The van der Waals surface area contributed by atoms with Gasteiger partial charge >= 0.3 is 0 Å². The second-order valence-electron chi connectivity index (χ2n) is 7.19. The highest BCUT2D eigenvalue weighted by Gasteiger charge is 2.18. The van der Waals surface area contributed by atoms with E-state index in [0.717, 1.165) is 41.9 Å². The smallest absolute Gasteiger partial charge is 0.177 e. The van der Waals surface area contributed by atoms with Crippen molar-refractivity contribution in [1.29, 1.82) is 0 Å². The van der Waals surface area contributed by atoms with E-state index in [9.17, 15) is 5.11 Å². The van der Waals surface area contributed by atoms with E-state index in [0.29, 0.717) is 6.04 Å². The highest BCUT2D eigenvalue weighted by Crippen LogP contribution is 2.27. The lowest BCUT2D eigenvalue weighted by atomic mass is 10.00. The maximum atomic E-state index is 9.88. The Hall–Kier alpha value is -2.14. The van der Waals surface area contributed by atoms with Crippen molar-refractivity contribution < 1.29 is 5.11 Å². The van der Waals surface area contributed by atoms with E-state index < -0.39 is 5.60 Å². The molecule has 5 nitrogen and oxygen atoms in total. The number of aromatic nitrogens is 4. The Morgan fingerprint density at radius 2 is 1.96 bits per heavy atom. The largest absolute Gasteiger partial charge is 0.390 e. The molecular weight excluding hydrogens is 300 g/mol. The van der Waals surface area contributed by atoms with Gasteiger partial charge in [-0.1, -0.05) is 12.1 Å². The van der Waals surface area contributed by atoms with Gasteiger partial charge in [0.2, 0.25) is 0 Å². The summed E-state index contributed by atoms with van der Waals surface area (Å²) < 4.78 is 4.28. The highest BCUT2D eigenvalue weighted by molar-refractivity contribution is 5.79. The van der Waals surface area contributed by atoms with Crippen LogP contribution in [0.5, 0.6) is 0 Å². The van der Waals surface area contributed by atoms with Gasteiger partial charge in [0, 0.05) is 25.5 Å². The molecule has 0 aliphatic rings. The molecule has 0 spiro atoms. The maximum absolute atomic E-state index is 9.88. The van der Waals surface area contributed by atoms with Crippen LogP contribution in [-0.2, 0) is 7.05 Å². The molecule has 3 aromatic rings. The van der Waals surface area contributed by atoms with E-state index >= 15 is 0 Å². The molecule has 0 fully saturated rings. The maximum Gasteiger partial charge on any atom is 0.177 e. The summed E-state index contributed by atoms with van der Waals surface area (Å²) in [5.41, 5.74) is 1.49. The molecule has 1 atom stereocenters. The Balaban J connectivity index is 1.85. The third kappa shape index (κ3) is 3.36. The van der Waals surface area contributed by atoms with Crippen LogP contribution in [0, 0.1) is 0 Å². The van der Waals surface area contributed by atoms with Gasteiger partial charge in [0.15, 0.2) is 11.6 Å². The topological polar surface area (TPSA) is 55.9 Å². The van der Waals surface area contributed by atoms with Gasteiger partial charge in [-0.3, -0.25) is 0 Å². The molecule has 0 aliphatic heterocycles. The predicted octanol–water partition coefficient (Wildman–Crippen LogP) is 3.94. The first-order valence-electron chi connectivity index (χ1n) is 8.54. The average molecular weight is 326 g/mol. The minimum Gasteiger partial charge on any atom is -0.390 e. The summed E-state index contributed by atoms with van der Waals surface area (Å²) in [5, 5.41) is 9.88. The van der Waals surface area contributed by atoms with Crippen LogP contribution in [0.1, 0.15) is 46.1 Å². The fraction of sp³-hybridized carbons (Fsp3) is 0.474. The van der Waals surface area contributed by atoms with Crippen LogP contribution < -0.4 is 0 Å². The molecule has 128 valence electrons. The average Bonchev–Trinajstić information content (AvgIpc) is 3.11. The standard InChI is InChI=1S/C19H26N4O/c1-14(8-7-11-19(2,3)24)23-13-12-20-17(23)18-21-15-9-5-6-10-16(15)22(18)4/h5-6,9-10,12-14,24H,7-8,11H2,1-4H3/t14-/m1/s1. The molecule has 0 saturated carbocycles. The van der Waals surface area contributed by atoms with Gasteiger partial charge in [0.1, 0.15) is 0 Å². The van der Waals surface area contributed by atoms with E-state index in [1.165, 1.54) is 0 Å².